The van der Waals surface area contributed by atoms with Crippen LogP contribution in [0.1, 0.15) is 11.1 Å². The number of thiophene rings is 1. The lowest BCUT2D eigenvalue weighted by Crippen LogP contribution is -2.31. The lowest BCUT2D eigenvalue weighted by Gasteiger charge is -2.24. The molecule has 0 atom stereocenters. The van der Waals surface area contributed by atoms with E-state index in [9.17, 15) is 0 Å². The van der Waals surface area contributed by atoms with Gasteiger partial charge in [0.05, 0.1) is 0 Å². The third-order valence-electron chi connectivity index (χ3n) is 3.37. The molecule has 2 aromatic rings. The number of pyridine rings is 1. The van der Waals surface area contributed by atoms with E-state index >= 15 is 0 Å². The van der Waals surface area contributed by atoms with Gasteiger partial charge in [0.25, 0.3) is 0 Å². The Morgan fingerprint density at radius 2 is 2.05 bits per heavy atom. The van der Waals surface area contributed by atoms with Crippen molar-refractivity contribution in [3.63, 3.8) is 0 Å². The van der Waals surface area contributed by atoms with Gasteiger partial charge in [-0.05, 0) is 42.6 Å². The predicted octanol–water partition coefficient (Wildman–Crippen LogP) is 2.75. The lowest BCUT2D eigenvalue weighted by molar-refractivity contribution is 0.226. The molecule has 0 aliphatic carbocycles. The summed E-state index contributed by atoms with van der Waals surface area (Å²) in [4.78, 5) is 9.09. The van der Waals surface area contributed by atoms with Gasteiger partial charge in [0, 0.05) is 45.0 Å². The second-order valence-corrected chi connectivity index (χ2v) is 6.19. The van der Waals surface area contributed by atoms with Crippen LogP contribution in [0, 0.1) is 0 Å². The first-order valence-electron chi connectivity index (χ1n) is 7.19. The van der Waals surface area contributed by atoms with Crippen molar-refractivity contribution in [2.45, 2.75) is 13.1 Å². The zero-order valence-corrected chi connectivity index (χ0v) is 13.9. The third kappa shape index (κ3) is 5.12. The van der Waals surface area contributed by atoms with Crippen LogP contribution in [0.15, 0.2) is 35.2 Å². The maximum absolute atomic E-state index is 4.40. The Balaban J connectivity index is 2.07. The molecule has 0 saturated carbocycles. The van der Waals surface area contributed by atoms with Crippen molar-refractivity contribution in [1.29, 1.82) is 0 Å². The molecule has 21 heavy (non-hydrogen) atoms. The summed E-state index contributed by atoms with van der Waals surface area (Å²) in [6, 6.07) is 6.36. The van der Waals surface area contributed by atoms with E-state index < -0.39 is 0 Å². The van der Waals surface area contributed by atoms with Crippen molar-refractivity contribution in [3.05, 3.63) is 46.3 Å². The maximum atomic E-state index is 4.40. The second kappa shape index (κ2) is 8.12. The summed E-state index contributed by atoms with van der Waals surface area (Å²) in [7, 11) is 6.16. The zero-order chi connectivity index (χ0) is 15.1. The van der Waals surface area contributed by atoms with Gasteiger partial charge in [-0.25, -0.2) is 4.98 Å². The molecule has 0 amide bonds. The molecule has 0 aliphatic rings. The number of likely N-dealkylation sites (N-methyl/N-ethyl adjacent to an activating group) is 1. The Labute approximate surface area is 131 Å². The van der Waals surface area contributed by atoms with Crippen LogP contribution in [-0.2, 0) is 13.1 Å². The van der Waals surface area contributed by atoms with Crippen molar-refractivity contribution < 1.29 is 0 Å². The smallest absolute Gasteiger partial charge is 0.130 e. The fourth-order valence-corrected chi connectivity index (χ4v) is 2.89. The van der Waals surface area contributed by atoms with Gasteiger partial charge in [-0.2, -0.15) is 11.3 Å². The Kier molecular flexibility index (Phi) is 6.17. The Morgan fingerprint density at radius 3 is 2.71 bits per heavy atom. The monoisotopic (exact) mass is 304 g/mol. The van der Waals surface area contributed by atoms with Crippen molar-refractivity contribution in [1.82, 2.24) is 14.8 Å². The normalized spacial score (nSPS) is 11.3. The van der Waals surface area contributed by atoms with Crippen LogP contribution >= 0.6 is 11.3 Å². The summed E-state index contributed by atoms with van der Waals surface area (Å²) in [5.74, 6) is 0.970. The highest BCUT2D eigenvalue weighted by atomic mass is 32.1. The second-order valence-electron chi connectivity index (χ2n) is 5.41. The highest BCUT2D eigenvalue weighted by Crippen LogP contribution is 2.16. The molecule has 4 nitrogen and oxygen atoms in total. The molecule has 114 valence electrons. The standard InChI is InChI=1S/C16H24N4S/c1-17-16-15(5-4-7-18-16)12-20(9-8-19(2)3)11-14-6-10-21-13-14/h4-7,10,13H,8-9,11-12H2,1-3H3,(H,17,18). The van der Waals surface area contributed by atoms with Gasteiger partial charge in [0.2, 0.25) is 0 Å². The number of hydrogen-bond acceptors (Lipinski definition) is 5. The van der Waals surface area contributed by atoms with E-state index in [1.165, 1.54) is 11.1 Å². The van der Waals surface area contributed by atoms with Gasteiger partial charge in [0.15, 0.2) is 0 Å². The highest BCUT2D eigenvalue weighted by Gasteiger charge is 2.11. The van der Waals surface area contributed by atoms with Gasteiger partial charge in [-0.15, -0.1) is 0 Å². The van der Waals surface area contributed by atoms with E-state index in [2.05, 4.69) is 57.1 Å². The minimum atomic E-state index is 0.910. The number of nitrogens with one attached hydrogen (secondary N) is 1. The van der Waals surface area contributed by atoms with Crippen LogP contribution in [0.3, 0.4) is 0 Å². The van der Waals surface area contributed by atoms with Gasteiger partial charge in [-0.3, -0.25) is 4.90 Å². The quantitative estimate of drug-likeness (QED) is 0.812. The molecule has 0 unspecified atom stereocenters. The van der Waals surface area contributed by atoms with Crippen LogP contribution in [0.25, 0.3) is 0 Å². The zero-order valence-electron chi connectivity index (χ0n) is 13.0. The predicted molar refractivity (Wildman–Crippen MR) is 90.8 cm³/mol. The third-order valence-corrected chi connectivity index (χ3v) is 4.10. The molecule has 2 aromatic heterocycles. The summed E-state index contributed by atoms with van der Waals surface area (Å²) in [6.07, 6.45) is 1.83. The fourth-order valence-electron chi connectivity index (χ4n) is 2.23. The van der Waals surface area contributed by atoms with Crippen LogP contribution in [0.2, 0.25) is 0 Å². The average molecular weight is 304 g/mol. The molecule has 0 aromatic carbocycles. The number of anilines is 1. The maximum Gasteiger partial charge on any atom is 0.130 e. The molecule has 5 heteroatoms. The minimum absolute atomic E-state index is 0.910. The minimum Gasteiger partial charge on any atom is -0.373 e. The van der Waals surface area contributed by atoms with Crippen LogP contribution in [0.4, 0.5) is 5.82 Å². The summed E-state index contributed by atoms with van der Waals surface area (Å²) < 4.78 is 0. The van der Waals surface area contributed by atoms with Crippen molar-refractivity contribution in [2.24, 2.45) is 0 Å². The van der Waals surface area contributed by atoms with Crippen LogP contribution in [-0.4, -0.2) is 49.0 Å². The van der Waals surface area contributed by atoms with Crippen molar-refractivity contribution in [2.75, 3.05) is 39.5 Å². The SMILES string of the molecule is CNc1ncccc1CN(CCN(C)C)Cc1ccsc1. The Morgan fingerprint density at radius 1 is 1.19 bits per heavy atom. The largest absolute Gasteiger partial charge is 0.373 e. The van der Waals surface area contributed by atoms with Crippen LogP contribution < -0.4 is 5.32 Å². The van der Waals surface area contributed by atoms with E-state index in [1.54, 1.807) is 11.3 Å². The van der Waals surface area contributed by atoms with Gasteiger partial charge < -0.3 is 10.2 Å². The molecule has 1 N–H and O–H groups in total. The first-order valence-corrected chi connectivity index (χ1v) is 8.13. The number of rotatable bonds is 8. The summed E-state index contributed by atoms with van der Waals surface area (Å²) in [5, 5.41) is 7.55. The summed E-state index contributed by atoms with van der Waals surface area (Å²) in [5.41, 5.74) is 2.63. The molecule has 0 fully saturated rings. The van der Waals surface area contributed by atoms with E-state index in [0.717, 1.165) is 32.0 Å². The molecule has 0 bridgehead atoms. The molecule has 0 spiro atoms. The molecule has 2 heterocycles. The number of nitrogens with zero attached hydrogens (tertiary/aromatic N) is 3. The van der Waals surface area contributed by atoms with Gasteiger partial charge in [0.1, 0.15) is 5.82 Å². The Hall–Kier alpha value is -1.43. The first-order chi connectivity index (χ1) is 10.2. The Bertz CT molecular complexity index is 525. The molecule has 0 radical (unpaired) electrons. The molecule has 0 saturated heterocycles. The van der Waals surface area contributed by atoms with E-state index in [1.807, 2.05) is 19.3 Å². The van der Waals surface area contributed by atoms with E-state index in [0.29, 0.717) is 0 Å². The highest BCUT2D eigenvalue weighted by molar-refractivity contribution is 7.07. The lowest BCUT2D eigenvalue weighted by atomic mass is 10.2. The average Bonchev–Trinajstić information content (AvgIpc) is 2.98. The van der Waals surface area contributed by atoms with Crippen molar-refractivity contribution >= 4 is 17.2 Å². The molecule has 0 aliphatic heterocycles. The topological polar surface area (TPSA) is 31.4 Å². The summed E-state index contributed by atoms with van der Waals surface area (Å²) in [6.45, 7) is 3.99. The molecule has 2 rings (SSSR count). The van der Waals surface area contributed by atoms with Crippen LogP contribution in [0.5, 0.6) is 0 Å². The van der Waals surface area contributed by atoms with Gasteiger partial charge in [-0.1, -0.05) is 6.07 Å². The number of aromatic nitrogens is 1. The van der Waals surface area contributed by atoms with Crippen molar-refractivity contribution in [3.8, 4) is 0 Å². The van der Waals surface area contributed by atoms with Gasteiger partial charge >= 0.3 is 0 Å². The number of hydrogen-bond donors (Lipinski definition) is 1. The molecular weight excluding hydrogens is 280 g/mol. The molecular formula is C16H24N4S. The summed E-state index contributed by atoms with van der Waals surface area (Å²) >= 11 is 1.76. The fraction of sp³-hybridized carbons (Fsp3) is 0.438. The first kappa shape index (κ1) is 15.9. The van der Waals surface area contributed by atoms with E-state index in [-0.39, 0.29) is 0 Å². The van der Waals surface area contributed by atoms with E-state index in [4.69, 9.17) is 0 Å².